The summed E-state index contributed by atoms with van der Waals surface area (Å²) in [7, 11) is 6.37. The highest BCUT2D eigenvalue weighted by Gasteiger charge is 2.09. The number of hydrazone groups is 1. The van der Waals surface area contributed by atoms with Crippen LogP contribution in [0.2, 0.25) is 0 Å². The van der Waals surface area contributed by atoms with Gasteiger partial charge in [0.1, 0.15) is 11.5 Å². The quantitative estimate of drug-likeness (QED) is 0.427. The third-order valence-corrected chi connectivity index (χ3v) is 3.96. The molecule has 0 radical (unpaired) electrons. The third-order valence-electron chi connectivity index (χ3n) is 3.77. The summed E-state index contributed by atoms with van der Waals surface area (Å²) < 4.78 is 21.1. The number of nitrogens with zero attached hydrogens (tertiary/aromatic N) is 1. The Kier molecular flexibility index (Phi) is 7.25. The largest absolute Gasteiger partial charge is 0.497 e. The summed E-state index contributed by atoms with van der Waals surface area (Å²) in [4.78, 5) is 0. The summed E-state index contributed by atoms with van der Waals surface area (Å²) >= 11 is 5.29. The molecule has 2 rings (SSSR count). The minimum Gasteiger partial charge on any atom is -0.497 e. The predicted molar refractivity (Wildman–Crippen MR) is 111 cm³/mol. The van der Waals surface area contributed by atoms with E-state index in [1.165, 1.54) is 0 Å². The van der Waals surface area contributed by atoms with E-state index >= 15 is 0 Å². The molecule has 0 aliphatic rings. The lowest BCUT2D eigenvalue weighted by Gasteiger charge is -2.13. The first kappa shape index (κ1) is 20.3. The molecule has 0 heterocycles. The zero-order valence-corrected chi connectivity index (χ0v) is 16.8. The van der Waals surface area contributed by atoms with Gasteiger partial charge in [0.25, 0.3) is 0 Å². The van der Waals surface area contributed by atoms with E-state index in [0.717, 1.165) is 11.3 Å². The number of ether oxygens (including phenoxy) is 4. The molecule has 0 aliphatic carbocycles. The van der Waals surface area contributed by atoms with Crippen LogP contribution in [0.15, 0.2) is 41.5 Å². The van der Waals surface area contributed by atoms with Crippen molar-refractivity contribution in [3.63, 3.8) is 0 Å². The maximum Gasteiger partial charge on any atom is 0.191 e. The van der Waals surface area contributed by atoms with Crippen LogP contribution in [-0.2, 0) is 0 Å². The number of nitrogens with one attached hydrogen (secondary N) is 2. The summed E-state index contributed by atoms with van der Waals surface area (Å²) in [6.45, 7) is 1.86. The first-order valence-corrected chi connectivity index (χ1v) is 8.49. The van der Waals surface area contributed by atoms with Gasteiger partial charge in [0.2, 0.25) is 0 Å². The van der Waals surface area contributed by atoms with Crippen LogP contribution >= 0.6 is 12.2 Å². The van der Waals surface area contributed by atoms with Crippen molar-refractivity contribution in [3.05, 3.63) is 42.0 Å². The van der Waals surface area contributed by atoms with Gasteiger partial charge < -0.3 is 24.3 Å². The second kappa shape index (κ2) is 9.63. The van der Waals surface area contributed by atoms with Crippen molar-refractivity contribution in [1.29, 1.82) is 0 Å². The number of hydrogen-bond acceptors (Lipinski definition) is 6. The van der Waals surface area contributed by atoms with Gasteiger partial charge in [-0.05, 0) is 43.4 Å². The smallest absolute Gasteiger partial charge is 0.191 e. The van der Waals surface area contributed by atoms with Crippen LogP contribution in [0.25, 0.3) is 0 Å². The van der Waals surface area contributed by atoms with Crippen molar-refractivity contribution in [2.24, 2.45) is 5.10 Å². The van der Waals surface area contributed by atoms with Crippen molar-refractivity contribution in [3.8, 4) is 23.0 Å². The molecule has 8 heteroatoms. The highest BCUT2D eigenvalue weighted by molar-refractivity contribution is 7.80. The zero-order valence-electron chi connectivity index (χ0n) is 16.0. The summed E-state index contributed by atoms with van der Waals surface area (Å²) in [5.74, 6) is 2.62. The van der Waals surface area contributed by atoms with Gasteiger partial charge in [0.15, 0.2) is 16.6 Å². The molecule has 27 heavy (non-hydrogen) atoms. The van der Waals surface area contributed by atoms with E-state index in [0.29, 0.717) is 33.8 Å². The van der Waals surface area contributed by atoms with Gasteiger partial charge in [0, 0.05) is 23.4 Å². The molecule has 0 unspecified atom stereocenters. The molecule has 0 fully saturated rings. The van der Waals surface area contributed by atoms with Crippen LogP contribution in [0, 0.1) is 0 Å². The van der Waals surface area contributed by atoms with Crippen LogP contribution in [0.5, 0.6) is 23.0 Å². The van der Waals surface area contributed by atoms with E-state index in [1.807, 2.05) is 25.1 Å². The summed E-state index contributed by atoms with van der Waals surface area (Å²) in [5.41, 5.74) is 5.12. The standard InChI is InChI=1S/C19H23N3O4S/c1-12(15-8-7-14(23-2)11-17(15)25-4)21-22-19(27)20-13-6-9-16(24-3)18(10-13)26-5/h6-11H,1-5H3,(H2,20,22,27)/b21-12-. The monoisotopic (exact) mass is 389 g/mol. The van der Waals surface area contributed by atoms with E-state index in [2.05, 4.69) is 15.8 Å². The SMILES string of the molecule is COc1ccc(/C(C)=N\NC(=S)Nc2ccc(OC)c(OC)c2)c(OC)c1. The molecule has 144 valence electrons. The maximum atomic E-state index is 5.40. The van der Waals surface area contributed by atoms with Gasteiger partial charge in [-0.2, -0.15) is 5.10 Å². The topological polar surface area (TPSA) is 73.3 Å². The second-order valence-electron chi connectivity index (χ2n) is 5.40. The van der Waals surface area contributed by atoms with Crippen molar-refractivity contribution >= 4 is 28.7 Å². The van der Waals surface area contributed by atoms with Crippen molar-refractivity contribution in [2.45, 2.75) is 6.92 Å². The number of thiocarbonyl (C=S) groups is 1. The van der Waals surface area contributed by atoms with E-state index in [9.17, 15) is 0 Å². The number of benzene rings is 2. The van der Waals surface area contributed by atoms with Gasteiger partial charge in [-0.1, -0.05) is 0 Å². The Labute approximate surface area is 164 Å². The minimum atomic E-state index is 0.342. The van der Waals surface area contributed by atoms with E-state index < -0.39 is 0 Å². The third kappa shape index (κ3) is 5.24. The Morgan fingerprint density at radius 3 is 2.19 bits per heavy atom. The van der Waals surface area contributed by atoms with Gasteiger partial charge in [-0.25, -0.2) is 0 Å². The van der Waals surface area contributed by atoms with Crippen LogP contribution in [0.4, 0.5) is 5.69 Å². The molecular weight excluding hydrogens is 366 g/mol. The molecule has 2 aromatic carbocycles. The summed E-state index contributed by atoms with van der Waals surface area (Å²) in [5, 5.41) is 7.71. The van der Waals surface area contributed by atoms with Crippen molar-refractivity contribution in [1.82, 2.24) is 5.43 Å². The molecule has 0 amide bonds. The predicted octanol–water partition coefficient (Wildman–Crippen LogP) is 3.43. The molecule has 0 atom stereocenters. The van der Waals surface area contributed by atoms with Crippen LogP contribution in [0.3, 0.4) is 0 Å². The lowest BCUT2D eigenvalue weighted by atomic mass is 10.1. The number of anilines is 1. The Hall–Kier alpha value is -3.00. The van der Waals surface area contributed by atoms with Crippen molar-refractivity contribution in [2.75, 3.05) is 33.8 Å². The first-order valence-electron chi connectivity index (χ1n) is 8.08. The van der Waals surface area contributed by atoms with E-state index in [-0.39, 0.29) is 0 Å². The lowest BCUT2D eigenvalue weighted by Crippen LogP contribution is -2.25. The lowest BCUT2D eigenvalue weighted by molar-refractivity contribution is 0.355. The average Bonchev–Trinajstić information content (AvgIpc) is 2.71. The van der Waals surface area contributed by atoms with Gasteiger partial charge in [-0.3, -0.25) is 5.43 Å². The van der Waals surface area contributed by atoms with Gasteiger partial charge >= 0.3 is 0 Å². The highest BCUT2D eigenvalue weighted by Crippen LogP contribution is 2.29. The molecule has 0 spiro atoms. The first-order chi connectivity index (χ1) is 13.0. The number of hydrogen-bond donors (Lipinski definition) is 2. The normalized spacial score (nSPS) is 10.8. The summed E-state index contributed by atoms with van der Waals surface area (Å²) in [6, 6.07) is 10.9. The van der Waals surface area contributed by atoms with E-state index in [4.69, 9.17) is 31.2 Å². The molecule has 2 aromatic rings. The second-order valence-corrected chi connectivity index (χ2v) is 5.81. The molecule has 0 saturated carbocycles. The van der Waals surface area contributed by atoms with Gasteiger partial charge in [-0.15, -0.1) is 0 Å². The fourth-order valence-electron chi connectivity index (χ4n) is 2.37. The Balaban J connectivity index is 2.08. The Morgan fingerprint density at radius 1 is 0.852 bits per heavy atom. The number of rotatable bonds is 7. The average molecular weight is 389 g/mol. The van der Waals surface area contributed by atoms with Crippen LogP contribution < -0.4 is 29.7 Å². The zero-order chi connectivity index (χ0) is 19.8. The summed E-state index contributed by atoms with van der Waals surface area (Å²) in [6.07, 6.45) is 0. The number of methoxy groups -OCH3 is 4. The Morgan fingerprint density at radius 2 is 1.56 bits per heavy atom. The molecular formula is C19H23N3O4S. The molecule has 7 nitrogen and oxygen atoms in total. The van der Waals surface area contributed by atoms with Crippen LogP contribution in [0.1, 0.15) is 12.5 Å². The maximum absolute atomic E-state index is 5.40. The van der Waals surface area contributed by atoms with Gasteiger partial charge in [0.05, 0.1) is 34.2 Å². The molecule has 0 aliphatic heterocycles. The molecule has 0 saturated heterocycles. The molecule has 2 N–H and O–H groups in total. The minimum absolute atomic E-state index is 0.342. The van der Waals surface area contributed by atoms with Crippen LogP contribution in [-0.4, -0.2) is 39.3 Å². The van der Waals surface area contributed by atoms with Crippen molar-refractivity contribution < 1.29 is 18.9 Å². The molecule has 0 bridgehead atoms. The highest BCUT2D eigenvalue weighted by atomic mass is 32.1. The fraction of sp³-hybridized carbons (Fsp3) is 0.263. The molecule has 0 aromatic heterocycles. The Bertz CT molecular complexity index is 840. The fourth-order valence-corrected chi connectivity index (χ4v) is 2.53. The van der Waals surface area contributed by atoms with E-state index in [1.54, 1.807) is 46.6 Å².